The molecule has 2 heterocycles. The van der Waals surface area contributed by atoms with E-state index in [1.165, 1.54) is 5.56 Å². The van der Waals surface area contributed by atoms with Crippen LogP contribution in [0.1, 0.15) is 21.7 Å². The largest absolute Gasteiger partial charge is 0.451 e. The summed E-state index contributed by atoms with van der Waals surface area (Å²) in [6.07, 6.45) is 0. The zero-order valence-electron chi connectivity index (χ0n) is 16.1. The number of rotatable bonds is 6. The van der Waals surface area contributed by atoms with Crippen molar-refractivity contribution >= 4 is 45.6 Å². The first-order valence-electron chi connectivity index (χ1n) is 9.66. The van der Waals surface area contributed by atoms with Crippen LogP contribution in [-0.4, -0.2) is 15.9 Å². The first-order chi connectivity index (χ1) is 14.8. The third-order valence-electron chi connectivity index (χ3n) is 4.88. The average molecular weight is 414 g/mol. The molecule has 3 aromatic carbocycles. The van der Waals surface area contributed by atoms with Crippen LogP contribution in [0.5, 0.6) is 0 Å². The van der Waals surface area contributed by atoms with Crippen molar-refractivity contribution in [2.75, 3.05) is 5.32 Å². The number of imidazole rings is 1. The lowest BCUT2D eigenvalue weighted by Gasteiger charge is -2.04. The Morgan fingerprint density at radius 3 is 2.57 bits per heavy atom. The molecule has 1 amide bonds. The Bertz CT molecular complexity index is 1290. The van der Waals surface area contributed by atoms with Gasteiger partial charge in [0.2, 0.25) is 5.95 Å². The van der Waals surface area contributed by atoms with Gasteiger partial charge in [0, 0.05) is 22.5 Å². The number of nitrogens with zero attached hydrogens (tertiary/aromatic N) is 1. The first-order valence-corrected chi connectivity index (χ1v) is 10.8. The number of thioether (sulfide) groups is 1. The van der Waals surface area contributed by atoms with Crippen molar-refractivity contribution in [2.45, 2.75) is 11.5 Å². The number of para-hydroxylation sites is 3. The predicted octanol–water partition coefficient (Wildman–Crippen LogP) is 5.99. The van der Waals surface area contributed by atoms with Crippen LogP contribution in [0, 0.1) is 0 Å². The molecule has 5 aromatic rings. The van der Waals surface area contributed by atoms with E-state index in [1.54, 1.807) is 11.8 Å². The summed E-state index contributed by atoms with van der Waals surface area (Å²) >= 11 is 1.76. The van der Waals surface area contributed by atoms with Crippen LogP contribution in [0.3, 0.4) is 0 Å². The zero-order valence-corrected chi connectivity index (χ0v) is 16.9. The molecule has 0 atom stereocenters. The number of hydrogen-bond acceptors (Lipinski definition) is 4. The van der Waals surface area contributed by atoms with E-state index in [0.717, 1.165) is 27.7 Å². The lowest BCUT2D eigenvalue weighted by atomic mass is 10.1. The Morgan fingerprint density at radius 2 is 1.70 bits per heavy atom. The summed E-state index contributed by atoms with van der Waals surface area (Å²) in [5.74, 6) is 1.97. The predicted molar refractivity (Wildman–Crippen MR) is 122 cm³/mol. The van der Waals surface area contributed by atoms with Crippen molar-refractivity contribution < 1.29 is 9.21 Å². The van der Waals surface area contributed by atoms with Gasteiger partial charge in [-0.25, -0.2) is 4.98 Å². The fraction of sp³-hybridized carbons (Fsp3) is 0.0833. The van der Waals surface area contributed by atoms with Gasteiger partial charge in [-0.05, 0) is 23.8 Å². The first kappa shape index (κ1) is 18.5. The highest BCUT2D eigenvalue weighted by molar-refractivity contribution is 7.97. The monoisotopic (exact) mass is 413 g/mol. The van der Waals surface area contributed by atoms with Crippen LogP contribution in [0.25, 0.3) is 22.0 Å². The van der Waals surface area contributed by atoms with Crippen molar-refractivity contribution in [3.63, 3.8) is 0 Å². The number of fused-ring (bicyclic) bond motifs is 2. The number of anilines is 1. The molecule has 148 valence electrons. The second kappa shape index (κ2) is 8.08. The molecule has 0 aliphatic heterocycles. The van der Waals surface area contributed by atoms with Gasteiger partial charge in [0.1, 0.15) is 5.58 Å². The molecule has 0 aliphatic rings. The van der Waals surface area contributed by atoms with E-state index in [1.807, 2.05) is 66.7 Å². The lowest BCUT2D eigenvalue weighted by Crippen LogP contribution is -2.13. The van der Waals surface area contributed by atoms with Crippen LogP contribution in [0.4, 0.5) is 5.95 Å². The van der Waals surface area contributed by atoms with Gasteiger partial charge < -0.3 is 9.40 Å². The molecule has 0 fully saturated rings. The summed E-state index contributed by atoms with van der Waals surface area (Å²) < 4.78 is 5.94. The summed E-state index contributed by atoms with van der Waals surface area (Å²) in [6.45, 7) is 0. The van der Waals surface area contributed by atoms with Crippen LogP contribution >= 0.6 is 11.8 Å². The van der Waals surface area contributed by atoms with E-state index in [0.29, 0.717) is 23.0 Å². The summed E-state index contributed by atoms with van der Waals surface area (Å²) in [5, 5.41) is 3.81. The highest BCUT2D eigenvalue weighted by atomic mass is 32.2. The maximum atomic E-state index is 13.0. The summed E-state index contributed by atoms with van der Waals surface area (Å²) in [7, 11) is 0. The molecule has 2 N–H and O–H groups in total. The van der Waals surface area contributed by atoms with E-state index < -0.39 is 0 Å². The molecule has 2 aromatic heterocycles. The molecule has 0 spiro atoms. The molecule has 5 rings (SSSR count). The van der Waals surface area contributed by atoms with Crippen molar-refractivity contribution in [3.05, 3.63) is 95.7 Å². The van der Waals surface area contributed by atoms with Crippen LogP contribution in [0.15, 0.2) is 83.3 Å². The zero-order chi connectivity index (χ0) is 20.3. The minimum Gasteiger partial charge on any atom is -0.451 e. The summed E-state index contributed by atoms with van der Waals surface area (Å²) in [6, 6.07) is 25.7. The average Bonchev–Trinajstić information content (AvgIpc) is 3.35. The van der Waals surface area contributed by atoms with Gasteiger partial charge in [-0.3, -0.25) is 10.1 Å². The number of nitrogens with one attached hydrogen (secondary N) is 2. The van der Waals surface area contributed by atoms with E-state index in [2.05, 4.69) is 27.4 Å². The smallest absolute Gasteiger partial charge is 0.294 e. The standard InChI is InChI=1S/C24H19N3O2S/c28-23(27-24-25-19-11-5-6-12-20(19)26-24)22-18(17-10-4-7-13-21(17)29-22)15-30-14-16-8-2-1-3-9-16/h1-13H,14-15H2,(H2,25,26,27,28). The molecular weight excluding hydrogens is 394 g/mol. The Balaban J connectivity index is 1.41. The number of aromatic amines is 1. The second-order valence-corrected chi connectivity index (χ2v) is 7.93. The van der Waals surface area contributed by atoms with Crippen molar-refractivity contribution in [1.82, 2.24) is 9.97 Å². The highest BCUT2D eigenvalue weighted by Gasteiger charge is 2.21. The summed E-state index contributed by atoms with van der Waals surface area (Å²) in [5.41, 5.74) is 4.54. The highest BCUT2D eigenvalue weighted by Crippen LogP contribution is 2.31. The molecule has 0 saturated carbocycles. The lowest BCUT2D eigenvalue weighted by molar-refractivity contribution is 0.0997. The van der Waals surface area contributed by atoms with E-state index in [-0.39, 0.29) is 5.91 Å². The number of furan rings is 1. The van der Waals surface area contributed by atoms with Gasteiger partial charge in [0.15, 0.2) is 5.76 Å². The van der Waals surface area contributed by atoms with E-state index >= 15 is 0 Å². The van der Waals surface area contributed by atoms with Gasteiger partial charge in [0.05, 0.1) is 11.0 Å². The van der Waals surface area contributed by atoms with E-state index in [9.17, 15) is 4.79 Å². The Morgan fingerprint density at radius 1 is 0.933 bits per heavy atom. The number of H-pyrrole nitrogens is 1. The topological polar surface area (TPSA) is 70.9 Å². The van der Waals surface area contributed by atoms with Crippen molar-refractivity contribution in [1.29, 1.82) is 0 Å². The Hall–Kier alpha value is -3.51. The van der Waals surface area contributed by atoms with Gasteiger partial charge in [-0.2, -0.15) is 11.8 Å². The number of amides is 1. The third kappa shape index (κ3) is 3.69. The van der Waals surface area contributed by atoms with Crippen molar-refractivity contribution in [3.8, 4) is 0 Å². The Kier molecular flexibility index (Phi) is 4.99. The Labute approximate surface area is 177 Å². The van der Waals surface area contributed by atoms with E-state index in [4.69, 9.17) is 4.42 Å². The SMILES string of the molecule is O=C(Nc1nc2ccccc2[nH]1)c1oc2ccccc2c1CSCc1ccccc1. The summed E-state index contributed by atoms with van der Waals surface area (Å²) in [4.78, 5) is 20.6. The second-order valence-electron chi connectivity index (χ2n) is 6.94. The number of benzene rings is 3. The molecule has 5 nitrogen and oxygen atoms in total. The number of carbonyl (C=O) groups is 1. The quantitative estimate of drug-likeness (QED) is 0.358. The van der Waals surface area contributed by atoms with Crippen LogP contribution < -0.4 is 5.32 Å². The minimum absolute atomic E-state index is 0.305. The molecule has 0 saturated heterocycles. The molecule has 6 heteroatoms. The van der Waals surface area contributed by atoms with Crippen LogP contribution in [0.2, 0.25) is 0 Å². The molecular formula is C24H19N3O2S. The van der Waals surface area contributed by atoms with Gasteiger partial charge >= 0.3 is 0 Å². The molecule has 0 unspecified atom stereocenters. The molecule has 0 aliphatic carbocycles. The maximum Gasteiger partial charge on any atom is 0.294 e. The van der Waals surface area contributed by atoms with Gasteiger partial charge in [-0.1, -0.05) is 60.7 Å². The number of hydrogen-bond donors (Lipinski definition) is 2. The number of carbonyl (C=O) groups excluding carboxylic acids is 1. The normalized spacial score (nSPS) is 11.2. The number of aromatic nitrogens is 2. The third-order valence-corrected chi connectivity index (χ3v) is 5.91. The fourth-order valence-electron chi connectivity index (χ4n) is 3.45. The minimum atomic E-state index is -0.305. The van der Waals surface area contributed by atoms with Crippen molar-refractivity contribution in [2.24, 2.45) is 0 Å². The molecule has 0 radical (unpaired) electrons. The maximum absolute atomic E-state index is 13.0. The fourth-order valence-corrected chi connectivity index (χ4v) is 4.47. The van der Waals surface area contributed by atoms with Gasteiger partial charge in [-0.15, -0.1) is 0 Å². The van der Waals surface area contributed by atoms with Gasteiger partial charge in [0.25, 0.3) is 5.91 Å². The molecule has 0 bridgehead atoms. The molecule has 30 heavy (non-hydrogen) atoms. The van der Waals surface area contributed by atoms with Crippen LogP contribution in [-0.2, 0) is 11.5 Å².